The normalized spacial score (nSPS) is 13.4. The third kappa shape index (κ3) is 5.89. The zero-order chi connectivity index (χ0) is 24.5. The summed E-state index contributed by atoms with van der Waals surface area (Å²) in [5.74, 6) is -2.77. The monoisotopic (exact) mass is 463 g/mol. The number of hydrogen-bond donors (Lipinski definition) is 1. The molecule has 1 atom stereocenters. The Morgan fingerprint density at radius 2 is 1.71 bits per heavy atom. The topological polar surface area (TPSA) is 117 Å². The third-order valence-corrected chi connectivity index (χ3v) is 5.44. The number of nitrogens with zero attached hydrogens (tertiary/aromatic N) is 1. The molecule has 1 unspecified atom stereocenters. The maximum atomic E-state index is 12.5. The van der Waals surface area contributed by atoms with E-state index in [4.69, 9.17) is 9.47 Å². The molecule has 0 heterocycles. The van der Waals surface area contributed by atoms with Crippen LogP contribution in [-0.2, 0) is 23.9 Å². The number of carbonyl (C=O) groups excluding carboxylic acids is 3. The highest BCUT2D eigenvalue weighted by molar-refractivity contribution is 6.38. The fourth-order valence-electron chi connectivity index (χ4n) is 3.88. The van der Waals surface area contributed by atoms with Gasteiger partial charge in [-0.1, -0.05) is 74.5 Å². The van der Waals surface area contributed by atoms with Crippen LogP contribution in [0.5, 0.6) is 0 Å². The molecule has 178 valence electrons. The van der Waals surface area contributed by atoms with Crippen LogP contribution in [0, 0.1) is 0 Å². The number of fused-ring (bicyclic) bond motifs is 3. The highest BCUT2D eigenvalue weighted by Gasteiger charge is 2.27. The van der Waals surface area contributed by atoms with Gasteiger partial charge in [0.15, 0.2) is 0 Å². The first kappa shape index (κ1) is 24.7. The van der Waals surface area contributed by atoms with E-state index >= 15 is 0 Å². The van der Waals surface area contributed by atoms with Gasteiger partial charge in [0.1, 0.15) is 25.3 Å². The molecular weight excluding hydrogens is 436 g/mol. The van der Waals surface area contributed by atoms with E-state index in [2.05, 4.69) is 16.9 Å². The molecule has 2 aromatic rings. The quantitative estimate of drug-likeness (QED) is 0.179. The third-order valence-electron chi connectivity index (χ3n) is 5.44. The summed E-state index contributed by atoms with van der Waals surface area (Å²) in [5.41, 5.74) is 4.30. The van der Waals surface area contributed by atoms with E-state index < -0.39 is 36.3 Å². The van der Waals surface area contributed by atoms with Gasteiger partial charge in [0.05, 0.1) is 0 Å². The molecule has 8 nitrogen and oxygen atoms in total. The number of aliphatic imine (C=N–C) groups is 1. The van der Waals surface area contributed by atoms with Crippen LogP contribution in [0.2, 0.25) is 0 Å². The average molecular weight is 464 g/mol. The molecule has 0 spiro atoms. The van der Waals surface area contributed by atoms with Crippen LogP contribution >= 0.6 is 0 Å². The summed E-state index contributed by atoms with van der Waals surface area (Å²) < 4.78 is 10.2. The van der Waals surface area contributed by atoms with E-state index in [9.17, 15) is 19.5 Å². The van der Waals surface area contributed by atoms with Crippen LogP contribution in [0.25, 0.3) is 11.1 Å². The van der Waals surface area contributed by atoms with Crippen LogP contribution in [-0.4, -0.2) is 49.5 Å². The second kappa shape index (κ2) is 11.8. The second-order valence-electron chi connectivity index (χ2n) is 7.76. The lowest BCUT2D eigenvalue weighted by Gasteiger charge is -2.22. The highest BCUT2D eigenvalue weighted by Crippen LogP contribution is 2.44. The van der Waals surface area contributed by atoms with Crippen molar-refractivity contribution in [2.24, 2.45) is 4.99 Å². The number of ketones is 1. The summed E-state index contributed by atoms with van der Waals surface area (Å²) >= 11 is 0. The maximum Gasteiger partial charge on any atom is 0.325 e. The molecule has 3 rings (SSSR count). The average Bonchev–Trinajstić information content (AvgIpc) is 3.17. The molecule has 0 aromatic heterocycles. The molecule has 0 saturated carbocycles. The van der Waals surface area contributed by atoms with Gasteiger partial charge in [-0.15, -0.1) is 0 Å². The van der Waals surface area contributed by atoms with E-state index in [-0.39, 0.29) is 25.6 Å². The second-order valence-corrected chi connectivity index (χ2v) is 7.76. The summed E-state index contributed by atoms with van der Waals surface area (Å²) in [6, 6.07) is 14.7. The van der Waals surface area contributed by atoms with E-state index in [1.54, 1.807) is 6.92 Å². The van der Waals surface area contributed by atoms with Crippen molar-refractivity contribution in [2.45, 2.75) is 31.7 Å². The van der Waals surface area contributed by atoms with Gasteiger partial charge in [-0.25, -0.2) is 0 Å². The van der Waals surface area contributed by atoms with Gasteiger partial charge in [-0.05, 0) is 28.7 Å². The zero-order valence-electron chi connectivity index (χ0n) is 19.0. The van der Waals surface area contributed by atoms with E-state index in [1.807, 2.05) is 48.5 Å². The van der Waals surface area contributed by atoms with Crippen LogP contribution in [0.15, 0.2) is 66.2 Å². The molecule has 2 aromatic carbocycles. The zero-order valence-corrected chi connectivity index (χ0v) is 19.0. The van der Waals surface area contributed by atoms with Crippen molar-refractivity contribution in [1.29, 1.82) is 0 Å². The van der Waals surface area contributed by atoms with E-state index in [0.717, 1.165) is 22.3 Å². The number of nitrogens with one attached hydrogen (secondary N) is 1. The predicted octanol–water partition coefficient (Wildman–Crippen LogP) is 2.12. The van der Waals surface area contributed by atoms with Crippen LogP contribution in [0.3, 0.4) is 0 Å². The van der Waals surface area contributed by atoms with Gasteiger partial charge in [-0.3, -0.25) is 19.4 Å². The Kier molecular flexibility index (Phi) is 8.56. The molecule has 1 aliphatic carbocycles. The minimum absolute atomic E-state index is 0.00176. The van der Waals surface area contributed by atoms with Crippen molar-refractivity contribution >= 4 is 23.7 Å². The van der Waals surface area contributed by atoms with Gasteiger partial charge in [0, 0.05) is 12.5 Å². The first-order valence-electron chi connectivity index (χ1n) is 11.1. The Balaban J connectivity index is 1.64. The first-order valence-corrected chi connectivity index (χ1v) is 11.1. The number of benzene rings is 2. The SMILES string of the molecule is C=CCOC(=O)CNC(=O)C(=O)C(CCC)N=C([O-])OCC1c2ccccc2-c2ccccc21. The summed E-state index contributed by atoms with van der Waals surface area (Å²) in [7, 11) is 0. The summed E-state index contributed by atoms with van der Waals surface area (Å²) in [6.45, 7) is 4.81. The highest BCUT2D eigenvalue weighted by atomic mass is 16.6. The number of amides is 1. The maximum absolute atomic E-state index is 12.5. The molecular formula is C26H27N2O6-. The molecule has 1 N–H and O–H groups in total. The number of rotatable bonds is 11. The molecule has 34 heavy (non-hydrogen) atoms. The summed E-state index contributed by atoms with van der Waals surface area (Å²) in [4.78, 5) is 40.0. The van der Waals surface area contributed by atoms with Crippen LogP contribution < -0.4 is 10.4 Å². The molecule has 1 aliphatic rings. The Hall–Kier alpha value is -3.94. The predicted molar refractivity (Wildman–Crippen MR) is 125 cm³/mol. The molecule has 1 amide bonds. The van der Waals surface area contributed by atoms with Gasteiger partial charge in [-0.2, -0.15) is 0 Å². The lowest BCUT2D eigenvalue weighted by atomic mass is 9.98. The molecule has 0 radical (unpaired) electrons. The Labute approximate surface area is 198 Å². The molecule has 0 bridgehead atoms. The van der Waals surface area contributed by atoms with Crippen LogP contribution in [0.1, 0.15) is 36.8 Å². The molecule has 0 fully saturated rings. The van der Waals surface area contributed by atoms with Crippen molar-refractivity contribution < 1.29 is 29.0 Å². The summed E-state index contributed by atoms with van der Waals surface area (Å²) in [5, 5.41) is 14.7. The number of carbonyl (C=O) groups is 3. The van der Waals surface area contributed by atoms with Crippen molar-refractivity contribution in [3.8, 4) is 11.1 Å². The van der Waals surface area contributed by atoms with Crippen molar-refractivity contribution in [2.75, 3.05) is 19.8 Å². The first-order chi connectivity index (χ1) is 16.5. The lowest BCUT2D eigenvalue weighted by Crippen LogP contribution is -2.41. The largest absolute Gasteiger partial charge is 0.599 e. The molecule has 8 heteroatoms. The Bertz CT molecular complexity index is 1050. The van der Waals surface area contributed by atoms with Crippen LogP contribution in [0.4, 0.5) is 0 Å². The van der Waals surface area contributed by atoms with E-state index in [1.165, 1.54) is 6.08 Å². The molecule has 0 saturated heterocycles. The minimum Gasteiger partial charge on any atom is -0.599 e. The smallest absolute Gasteiger partial charge is 0.325 e. The van der Waals surface area contributed by atoms with Gasteiger partial charge < -0.3 is 19.9 Å². The molecule has 0 aliphatic heterocycles. The number of Topliss-reactive ketones (excluding diaryl/α,β-unsaturated/α-hetero) is 1. The van der Waals surface area contributed by atoms with Gasteiger partial charge in [0.25, 0.3) is 5.91 Å². The van der Waals surface area contributed by atoms with Crippen molar-refractivity contribution in [3.05, 3.63) is 72.3 Å². The fourth-order valence-corrected chi connectivity index (χ4v) is 3.88. The Morgan fingerprint density at radius 3 is 2.29 bits per heavy atom. The van der Waals surface area contributed by atoms with Crippen molar-refractivity contribution in [3.63, 3.8) is 0 Å². The Morgan fingerprint density at radius 1 is 1.09 bits per heavy atom. The van der Waals surface area contributed by atoms with E-state index in [0.29, 0.717) is 6.42 Å². The number of esters is 1. The van der Waals surface area contributed by atoms with Gasteiger partial charge in [0.2, 0.25) is 5.78 Å². The van der Waals surface area contributed by atoms with Crippen molar-refractivity contribution in [1.82, 2.24) is 5.32 Å². The number of hydrogen-bond acceptors (Lipinski definition) is 7. The standard InChI is InChI=1S/C26H28N2O6/c1-3-9-22(24(30)25(31)27-15-23(29)33-14-4-2)28-26(32)34-16-21-19-12-7-5-10-17(19)18-11-6-8-13-20(18)21/h4-8,10-13,21-22H,2-3,9,14-16H2,1H3,(H,27,31)(H,28,32)/p-1. The summed E-state index contributed by atoms with van der Waals surface area (Å²) in [6.07, 6.45) is 1.18. The fraction of sp³-hybridized carbons (Fsp3) is 0.308. The van der Waals surface area contributed by atoms with Gasteiger partial charge >= 0.3 is 5.97 Å². The minimum atomic E-state index is -1.19. The lowest BCUT2D eigenvalue weighted by molar-refractivity contribution is -0.251. The number of ether oxygens (including phenoxy) is 2.